The van der Waals surface area contributed by atoms with Crippen LogP contribution in [0.25, 0.3) is 11.4 Å². The molecule has 8 nitrogen and oxygen atoms in total. The summed E-state index contributed by atoms with van der Waals surface area (Å²) in [6.45, 7) is 5.82. The van der Waals surface area contributed by atoms with Crippen LogP contribution in [0.3, 0.4) is 0 Å². The summed E-state index contributed by atoms with van der Waals surface area (Å²) < 4.78 is 48.8. The lowest BCUT2D eigenvalue weighted by Gasteiger charge is -2.19. The smallest absolute Gasteiger partial charge is 0.460 e. The fraction of sp³-hybridized carbons (Fsp3) is 0.421. The largest absolute Gasteiger partial charge is 0.471 e. The number of rotatable bonds is 6. The molecule has 1 aromatic carbocycles. The number of aryl methyl sites for hydroxylation is 1. The average molecular weight is 423 g/mol. The molecule has 0 spiro atoms. The van der Waals surface area contributed by atoms with E-state index >= 15 is 0 Å². The van der Waals surface area contributed by atoms with Gasteiger partial charge < -0.3 is 9.26 Å². The van der Waals surface area contributed by atoms with Gasteiger partial charge in [-0.2, -0.15) is 18.2 Å². The Morgan fingerprint density at radius 1 is 1.17 bits per heavy atom. The van der Waals surface area contributed by atoms with Crippen molar-refractivity contribution in [1.29, 1.82) is 0 Å². The van der Waals surface area contributed by atoms with Gasteiger partial charge in [0, 0.05) is 18.2 Å². The van der Waals surface area contributed by atoms with Gasteiger partial charge in [0.05, 0.1) is 18.7 Å². The van der Waals surface area contributed by atoms with Crippen molar-refractivity contribution in [1.82, 2.24) is 25.1 Å². The van der Waals surface area contributed by atoms with Gasteiger partial charge in [0.2, 0.25) is 5.82 Å². The van der Waals surface area contributed by atoms with Gasteiger partial charge in [0.25, 0.3) is 0 Å². The van der Waals surface area contributed by atoms with E-state index in [0.29, 0.717) is 24.2 Å². The Balaban J connectivity index is 1.57. The number of hydrogen-bond donors (Lipinski definition) is 0. The summed E-state index contributed by atoms with van der Waals surface area (Å²) in [6.07, 6.45) is -2.34. The maximum Gasteiger partial charge on any atom is 0.471 e. The second kappa shape index (κ2) is 8.25. The Bertz CT molecular complexity index is 1000. The van der Waals surface area contributed by atoms with Gasteiger partial charge in [0.1, 0.15) is 5.60 Å². The Morgan fingerprint density at radius 2 is 1.87 bits per heavy atom. The number of alkyl halides is 3. The highest BCUT2D eigenvalue weighted by Gasteiger charge is 2.38. The first-order valence-corrected chi connectivity index (χ1v) is 9.11. The van der Waals surface area contributed by atoms with Crippen LogP contribution in [0.2, 0.25) is 0 Å². The van der Waals surface area contributed by atoms with E-state index in [1.807, 2.05) is 0 Å². The van der Waals surface area contributed by atoms with Crippen molar-refractivity contribution in [2.75, 3.05) is 0 Å². The summed E-state index contributed by atoms with van der Waals surface area (Å²) in [5, 5.41) is 11.4. The molecule has 3 rings (SSSR count). The van der Waals surface area contributed by atoms with Gasteiger partial charge in [-0.25, -0.2) is 4.68 Å². The second-order valence-corrected chi connectivity index (χ2v) is 7.61. The van der Waals surface area contributed by atoms with E-state index in [2.05, 4.69) is 25.0 Å². The molecule has 0 bridgehead atoms. The molecule has 0 amide bonds. The van der Waals surface area contributed by atoms with Crippen molar-refractivity contribution in [3.05, 3.63) is 47.6 Å². The molecule has 0 radical (unpaired) electrons. The van der Waals surface area contributed by atoms with Crippen LogP contribution in [0.1, 0.15) is 44.3 Å². The average Bonchev–Trinajstić information content (AvgIpc) is 3.28. The van der Waals surface area contributed by atoms with Crippen molar-refractivity contribution in [2.45, 2.75) is 51.9 Å². The summed E-state index contributed by atoms with van der Waals surface area (Å²) in [5.41, 5.74) is 1.37. The zero-order valence-electron chi connectivity index (χ0n) is 16.6. The molecule has 0 N–H and O–H groups in total. The number of carbonyl (C=O) groups is 1. The van der Waals surface area contributed by atoms with Crippen LogP contribution in [-0.4, -0.2) is 36.7 Å². The van der Waals surface area contributed by atoms with Crippen LogP contribution in [0.5, 0.6) is 0 Å². The molecule has 3 aromatic rings. The van der Waals surface area contributed by atoms with Crippen molar-refractivity contribution < 1.29 is 27.2 Å². The molecule has 0 fully saturated rings. The first-order chi connectivity index (χ1) is 14.0. The molecule has 2 aromatic heterocycles. The van der Waals surface area contributed by atoms with Crippen molar-refractivity contribution in [3.63, 3.8) is 0 Å². The Morgan fingerprint density at radius 3 is 2.47 bits per heavy atom. The molecule has 0 aliphatic rings. The lowest BCUT2D eigenvalue weighted by atomic mass is 10.1. The van der Waals surface area contributed by atoms with Crippen LogP contribution in [-0.2, 0) is 28.7 Å². The molecule has 0 saturated carbocycles. The van der Waals surface area contributed by atoms with Gasteiger partial charge in [-0.3, -0.25) is 4.79 Å². The maximum absolute atomic E-state index is 12.6. The minimum Gasteiger partial charge on any atom is -0.460 e. The first-order valence-electron chi connectivity index (χ1n) is 9.11. The molecule has 0 unspecified atom stereocenters. The van der Waals surface area contributed by atoms with Crippen molar-refractivity contribution >= 4 is 5.97 Å². The van der Waals surface area contributed by atoms with Gasteiger partial charge in [-0.15, -0.1) is 5.10 Å². The number of ether oxygens (including phenoxy) is 1. The van der Waals surface area contributed by atoms with E-state index in [4.69, 9.17) is 4.74 Å². The molecular weight excluding hydrogens is 403 g/mol. The molecule has 0 aliphatic carbocycles. The van der Waals surface area contributed by atoms with Crippen LogP contribution in [0.4, 0.5) is 13.2 Å². The van der Waals surface area contributed by atoms with Crippen LogP contribution in [0, 0.1) is 0 Å². The third-order valence-electron chi connectivity index (χ3n) is 3.82. The predicted octanol–water partition coefficient (Wildman–Crippen LogP) is 3.67. The molecular formula is C19H20F3N5O3. The second-order valence-electron chi connectivity index (χ2n) is 7.61. The number of halogens is 3. The fourth-order valence-corrected chi connectivity index (χ4v) is 2.56. The number of aromatic nitrogens is 5. The fourth-order valence-electron chi connectivity index (χ4n) is 2.56. The zero-order valence-corrected chi connectivity index (χ0v) is 16.6. The molecule has 0 saturated heterocycles. The molecule has 11 heteroatoms. The van der Waals surface area contributed by atoms with E-state index in [-0.39, 0.29) is 18.2 Å². The lowest BCUT2D eigenvalue weighted by molar-refractivity contribution is -0.159. The highest BCUT2D eigenvalue weighted by Crippen LogP contribution is 2.29. The quantitative estimate of drug-likeness (QED) is 0.558. The van der Waals surface area contributed by atoms with E-state index in [1.54, 1.807) is 55.9 Å². The van der Waals surface area contributed by atoms with Crippen molar-refractivity contribution in [3.8, 4) is 11.4 Å². The Kier molecular flexibility index (Phi) is 5.90. The minimum absolute atomic E-state index is 0.140. The number of benzene rings is 1. The van der Waals surface area contributed by atoms with E-state index < -0.39 is 17.7 Å². The summed E-state index contributed by atoms with van der Waals surface area (Å²) in [4.78, 5) is 15.1. The van der Waals surface area contributed by atoms with Crippen LogP contribution >= 0.6 is 0 Å². The van der Waals surface area contributed by atoms with E-state index in [9.17, 15) is 18.0 Å². The molecule has 160 valence electrons. The number of hydrogen-bond acceptors (Lipinski definition) is 7. The molecule has 0 aliphatic heterocycles. The summed E-state index contributed by atoms with van der Waals surface area (Å²) in [7, 11) is 0. The first kappa shape index (κ1) is 21.5. The van der Waals surface area contributed by atoms with Gasteiger partial charge in [0.15, 0.2) is 0 Å². The molecule has 0 atom stereocenters. The SMILES string of the molecule is CC(C)(C)OC(=O)CCc1cn(Cc2ccc(-c3noc(C(F)(F)F)n3)cc2)nn1. The van der Waals surface area contributed by atoms with E-state index in [0.717, 1.165) is 5.56 Å². The summed E-state index contributed by atoms with van der Waals surface area (Å²) >= 11 is 0. The Labute approximate surface area is 170 Å². The summed E-state index contributed by atoms with van der Waals surface area (Å²) in [6, 6.07) is 6.64. The van der Waals surface area contributed by atoms with E-state index in [1.165, 1.54) is 0 Å². The monoisotopic (exact) mass is 423 g/mol. The van der Waals surface area contributed by atoms with Crippen LogP contribution in [0.15, 0.2) is 35.0 Å². The van der Waals surface area contributed by atoms with Crippen LogP contribution < -0.4 is 0 Å². The topological polar surface area (TPSA) is 95.9 Å². The van der Waals surface area contributed by atoms with Gasteiger partial charge in [-0.1, -0.05) is 34.6 Å². The standard InChI is InChI=1S/C19H20F3N5O3/c1-18(2,3)29-15(28)9-8-14-11-27(26-24-14)10-12-4-6-13(7-5-12)16-23-17(30-25-16)19(20,21)22/h4-7,11H,8-10H2,1-3H3. The lowest BCUT2D eigenvalue weighted by Crippen LogP contribution is -2.24. The normalized spacial score (nSPS) is 12.2. The highest BCUT2D eigenvalue weighted by molar-refractivity contribution is 5.70. The number of nitrogens with zero attached hydrogens (tertiary/aromatic N) is 5. The zero-order chi connectivity index (χ0) is 21.9. The Hall–Kier alpha value is -3.24. The maximum atomic E-state index is 12.6. The highest BCUT2D eigenvalue weighted by atomic mass is 19.4. The minimum atomic E-state index is -4.68. The third kappa shape index (κ3) is 5.88. The van der Waals surface area contributed by atoms with Crippen molar-refractivity contribution in [2.24, 2.45) is 0 Å². The molecule has 30 heavy (non-hydrogen) atoms. The number of carbonyl (C=O) groups excluding carboxylic acids is 1. The summed E-state index contributed by atoms with van der Waals surface area (Å²) in [5.74, 6) is -1.83. The predicted molar refractivity (Wildman–Crippen MR) is 98.0 cm³/mol. The van der Waals surface area contributed by atoms with Gasteiger partial charge in [-0.05, 0) is 26.3 Å². The molecule has 2 heterocycles. The number of esters is 1. The third-order valence-corrected chi connectivity index (χ3v) is 3.82. The van der Waals surface area contributed by atoms with Gasteiger partial charge >= 0.3 is 18.0 Å².